The van der Waals surface area contributed by atoms with Crippen LogP contribution in [0.15, 0.2) is 18.2 Å². The summed E-state index contributed by atoms with van der Waals surface area (Å²) < 4.78 is 0. The van der Waals surface area contributed by atoms with Crippen LogP contribution in [0.3, 0.4) is 0 Å². The molecule has 1 saturated carbocycles. The summed E-state index contributed by atoms with van der Waals surface area (Å²) in [4.78, 5) is 2.42. The van der Waals surface area contributed by atoms with Crippen LogP contribution in [0, 0.1) is 0 Å². The van der Waals surface area contributed by atoms with E-state index >= 15 is 0 Å². The quantitative estimate of drug-likeness (QED) is 0.888. The number of anilines is 1. The average Bonchev–Trinajstić information content (AvgIpc) is 2.23. The van der Waals surface area contributed by atoms with Gasteiger partial charge in [0, 0.05) is 35.9 Å². The van der Waals surface area contributed by atoms with Gasteiger partial charge in [-0.05, 0) is 63.8 Å². The van der Waals surface area contributed by atoms with Crippen LogP contribution in [0.4, 0.5) is 5.69 Å². The standard InChI is InChI=1S/C16H25ClN2/c1-16(2,3)18-11-12-10-13(17)8-9-15(12)19(4)14-6-5-7-14/h8-10,14,18H,5-7,11H2,1-4H3. The van der Waals surface area contributed by atoms with E-state index < -0.39 is 0 Å². The van der Waals surface area contributed by atoms with Crippen molar-refractivity contribution in [2.45, 2.75) is 58.2 Å². The van der Waals surface area contributed by atoms with Crippen LogP contribution in [-0.2, 0) is 6.54 Å². The van der Waals surface area contributed by atoms with Crippen LogP contribution in [-0.4, -0.2) is 18.6 Å². The van der Waals surface area contributed by atoms with Gasteiger partial charge in [-0.3, -0.25) is 0 Å². The lowest BCUT2D eigenvalue weighted by Crippen LogP contribution is -2.39. The summed E-state index contributed by atoms with van der Waals surface area (Å²) in [7, 11) is 2.20. The molecule has 1 N–H and O–H groups in total. The third kappa shape index (κ3) is 3.87. The van der Waals surface area contributed by atoms with Crippen LogP contribution in [0.2, 0.25) is 5.02 Å². The normalized spacial score (nSPS) is 16.3. The molecule has 19 heavy (non-hydrogen) atoms. The molecule has 0 radical (unpaired) electrons. The van der Waals surface area contributed by atoms with Crippen molar-refractivity contribution in [1.29, 1.82) is 0 Å². The summed E-state index contributed by atoms with van der Waals surface area (Å²) in [5.41, 5.74) is 2.72. The molecule has 3 heteroatoms. The van der Waals surface area contributed by atoms with Crippen molar-refractivity contribution in [3.63, 3.8) is 0 Å². The van der Waals surface area contributed by atoms with Crippen LogP contribution in [0.5, 0.6) is 0 Å². The van der Waals surface area contributed by atoms with Gasteiger partial charge in [0.05, 0.1) is 0 Å². The molecule has 0 aromatic heterocycles. The third-order valence-electron chi connectivity index (χ3n) is 3.85. The van der Waals surface area contributed by atoms with Crippen LogP contribution >= 0.6 is 11.6 Å². The fourth-order valence-corrected chi connectivity index (χ4v) is 2.57. The molecule has 1 aliphatic rings. The van der Waals surface area contributed by atoms with Gasteiger partial charge in [-0.25, -0.2) is 0 Å². The second kappa shape index (κ2) is 5.72. The molecular weight excluding hydrogens is 256 g/mol. The van der Waals surface area contributed by atoms with E-state index in [2.05, 4.69) is 50.2 Å². The predicted octanol–water partition coefficient (Wildman–Crippen LogP) is 4.22. The maximum Gasteiger partial charge on any atom is 0.0412 e. The fourth-order valence-electron chi connectivity index (χ4n) is 2.37. The van der Waals surface area contributed by atoms with Crippen LogP contribution in [0.1, 0.15) is 45.6 Å². The van der Waals surface area contributed by atoms with Crippen LogP contribution < -0.4 is 10.2 Å². The zero-order valence-corrected chi connectivity index (χ0v) is 13.2. The van der Waals surface area contributed by atoms with E-state index in [4.69, 9.17) is 11.6 Å². The number of rotatable bonds is 4. The Morgan fingerprint density at radius 2 is 2.00 bits per heavy atom. The number of nitrogens with one attached hydrogen (secondary N) is 1. The lowest BCUT2D eigenvalue weighted by atomic mass is 9.91. The van der Waals surface area contributed by atoms with Gasteiger partial charge in [-0.2, -0.15) is 0 Å². The second-order valence-corrected chi connectivity index (χ2v) is 7.01. The van der Waals surface area contributed by atoms with Gasteiger partial charge in [0.25, 0.3) is 0 Å². The molecule has 1 aliphatic carbocycles. The Bertz CT molecular complexity index is 433. The molecule has 2 rings (SSSR count). The molecule has 1 fully saturated rings. The molecule has 0 atom stereocenters. The molecule has 0 saturated heterocycles. The minimum Gasteiger partial charge on any atom is -0.371 e. The molecule has 0 heterocycles. The highest BCUT2D eigenvalue weighted by molar-refractivity contribution is 6.30. The predicted molar refractivity (Wildman–Crippen MR) is 84.1 cm³/mol. The lowest BCUT2D eigenvalue weighted by molar-refractivity contribution is 0.398. The zero-order valence-electron chi connectivity index (χ0n) is 12.5. The molecule has 0 spiro atoms. The second-order valence-electron chi connectivity index (χ2n) is 6.57. The van der Waals surface area contributed by atoms with Gasteiger partial charge in [-0.1, -0.05) is 11.6 Å². The fraction of sp³-hybridized carbons (Fsp3) is 0.625. The SMILES string of the molecule is CN(c1ccc(Cl)cc1CNC(C)(C)C)C1CCC1. The summed E-state index contributed by atoms with van der Waals surface area (Å²) in [6.45, 7) is 7.42. The highest BCUT2D eigenvalue weighted by atomic mass is 35.5. The van der Waals surface area contributed by atoms with Gasteiger partial charge >= 0.3 is 0 Å². The van der Waals surface area contributed by atoms with E-state index in [1.165, 1.54) is 30.5 Å². The van der Waals surface area contributed by atoms with Crippen molar-refractivity contribution in [3.8, 4) is 0 Å². The van der Waals surface area contributed by atoms with E-state index in [9.17, 15) is 0 Å². The first-order valence-electron chi connectivity index (χ1n) is 7.13. The Morgan fingerprint density at radius 1 is 1.32 bits per heavy atom. The smallest absolute Gasteiger partial charge is 0.0412 e. The van der Waals surface area contributed by atoms with E-state index in [0.717, 1.165) is 11.6 Å². The molecule has 0 aliphatic heterocycles. The molecule has 1 aromatic carbocycles. The van der Waals surface area contributed by atoms with E-state index in [-0.39, 0.29) is 5.54 Å². The Hall–Kier alpha value is -0.730. The van der Waals surface area contributed by atoms with E-state index in [1.54, 1.807) is 0 Å². The molecule has 1 aromatic rings. The number of benzene rings is 1. The first-order chi connectivity index (χ1) is 8.87. The Balaban J connectivity index is 2.17. The average molecular weight is 281 g/mol. The molecule has 2 nitrogen and oxygen atoms in total. The van der Waals surface area contributed by atoms with Crippen molar-refractivity contribution in [1.82, 2.24) is 5.32 Å². The maximum absolute atomic E-state index is 6.15. The summed E-state index contributed by atoms with van der Waals surface area (Å²) in [6.07, 6.45) is 3.98. The van der Waals surface area contributed by atoms with Gasteiger partial charge in [-0.15, -0.1) is 0 Å². The van der Waals surface area contributed by atoms with Crippen molar-refractivity contribution >= 4 is 17.3 Å². The highest BCUT2D eigenvalue weighted by Gasteiger charge is 2.24. The number of hydrogen-bond donors (Lipinski definition) is 1. The molecular formula is C16H25ClN2. The van der Waals surface area contributed by atoms with Gasteiger partial charge in [0.2, 0.25) is 0 Å². The topological polar surface area (TPSA) is 15.3 Å². The van der Waals surface area contributed by atoms with Gasteiger partial charge < -0.3 is 10.2 Å². The molecule has 0 bridgehead atoms. The van der Waals surface area contributed by atoms with Gasteiger partial charge in [0.15, 0.2) is 0 Å². The summed E-state index contributed by atoms with van der Waals surface area (Å²) >= 11 is 6.15. The molecule has 0 unspecified atom stereocenters. The van der Waals surface area contributed by atoms with Crippen molar-refractivity contribution < 1.29 is 0 Å². The van der Waals surface area contributed by atoms with Crippen molar-refractivity contribution in [2.75, 3.05) is 11.9 Å². The summed E-state index contributed by atoms with van der Waals surface area (Å²) in [5, 5.41) is 4.37. The summed E-state index contributed by atoms with van der Waals surface area (Å²) in [5.74, 6) is 0. The van der Waals surface area contributed by atoms with Crippen LogP contribution in [0.25, 0.3) is 0 Å². The number of hydrogen-bond acceptors (Lipinski definition) is 2. The Labute approximate surface area is 122 Å². The zero-order chi connectivity index (χ0) is 14.0. The third-order valence-corrected chi connectivity index (χ3v) is 4.09. The maximum atomic E-state index is 6.15. The van der Waals surface area contributed by atoms with Crippen molar-refractivity contribution in [2.24, 2.45) is 0 Å². The Kier molecular flexibility index (Phi) is 4.42. The molecule has 106 valence electrons. The first kappa shape index (κ1) is 14.7. The summed E-state index contributed by atoms with van der Waals surface area (Å²) in [6, 6.07) is 6.94. The Morgan fingerprint density at radius 3 is 2.53 bits per heavy atom. The largest absolute Gasteiger partial charge is 0.371 e. The van der Waals surface area contributed by atoms with Gasteiger partial charge in [0.1, 0.15) is 0 Å². The number of halogens is 1. The highest BCUT2D eigenvalue weighted by Crippen LogP contribution is 2.31. The first-order valence-corrected chi connectivity index (χ1v) is 7.51. The molecule has 0 amide bonds. The lowest BCUT2D eigenvalue weighted by Gasteiger charge is -2.37. The number of nitrogens with zero attached hydrogens (tertiary/aromatic N) is 1. The van der Waals surface area contributed by atoms with Crippen molar-refractivity contribution in [3.05, 3.63) is 28.8 Å². The van der Waals surface area contributed by atoms with E-state index in [0.29, 0.717) is 6.04 Å². The monoisotopic (exact) mass is 280 g/mol. The minimum absolute atomic E-state index is 0.120. The van der Waals surface area contributed by atoms with E-state index in [1.807, 2.05) is 6.07 Å². The minimum atomic E-state index is 0.120.